The summed E-state index contributed by atoms with van der Waals surface area (Å²) in [5.41, 5.74) is 1.51. The number of carbonyl (C=O) groups excluding carboxylic acids is 1. The number of carbonyl (C=O) groups is 1. The number of aromatic nitrogens is 2. The van der Waals surface area contributed by atoms with Gasteiger partial charge in [-0.1, -0.05) is 41.9 Å². The molecule has 0 N–H and O–H groups in total. The Hall–Kier alpha value is -3.32. The number of nitrogens with zero attached hydrogens (tertiary/aromatic N) is 3. The minimum absolute atomic E-state index is 0.00283. The molecule has 0 aliphatic heterocycles. The zero-order valence-electron chi connectivity index (χ0n) is 17.0. The SMILES string of the molecule is COC(=O)c1ccccc1-n1ncc(N(C)CCOc2ccccc2C)c(Cl)c1=O. The Bertz CT molecular complexity index is 1110. The Morgan fingerprint density at radius 3 is 2.60 bits per heavy atom. The van der Waals surface area contributed by atoms with Crippen LogP contribution in [-0.2, 0) is 4.74 Å². The summed E-state index contributed by atoms with van der Waals surface area (Å²) in [6, 6.07) is 14.3. The van der Waals surface area contributed by atoms with Gasteiger partial charge in [-0.05, 0) is 30.7 Å². The standard InChI is InChI=1S/C22H22ClN3O4/c1-15-8-4-7-11-19(15)30-13-12-25(2)18-14-24-26(21(27)20(18)23)17-10-6-5-9-16(17)22(28)29-3/h4-11,14H,12-13H2,1-3H3. The van der Waals surface area contributed by atoms with Gasteiger partial charge in [-0.25, -0.2) is 4.79 Å². The minimum Gasteiger partial charge on any atom is -0.491 e. The molecule has 0 aliphatic carbocycles. The smallest absolute Gasteiger partial charge is 0.340 e. The molecule has 0 saturated heterocycles. The van der Waals surface area contributed by atoms with E-state index in [4.69, 9.17) is 21.1 Å². The van der Waals surface area contributed by atoms with Crippen LogP contribution in [-0.4, -0.2) is 43.1 Å². The number of rotatable bonds is 7. The molecular formula is C22H22ClN3O4. The fraction of sp³-hybridized carbons (Fsp3) is 0.227. The summed E-state index contributed by atoms with van der Waals surface area (Å²) in [4.78, 5) is 26.7. The quantitative estimate of drug-likeness (QED) is 0.537. The van der Waals surface area contributed by atoms with Gasteiger partial charge in [0.2, 0.25) is 0 Å². The lowest BCUT2D eigenvalue weighted by Crippen LogP contribution is -2.29. The van der Waals surface area contributed by atoms with Gasteiger partial charge in [-0.2, -0.15) is 9.78 Å². The van der Waals surface area contributed by atoms with Crippen LogP contribution in [0.3, 0.4) is 0 Å². The molecule has 156 valence electrons. The number of anilines is 1. The molecule has 0 amide bonds. The summed E-state index contributed by atoms with van der Waals surface area (Å²) in [7, 11) is 3.08. The number of halogens is 1. The second-order valence-electron chi connectivity index (χ2n) is 6.60. The van der Waals surface area contributed by atoms with Gasteiger partial charge in [0.25, 0.3) is 5.56 Å². The van der Waals surface area contributed by atoms with E-state index in [9.17, 15) is 9.59 Å². The van der Waals surface area contributed by atoms with E-state index in [1.807, 2.05) is 31.2 Å². The van der Waals surface area contributed by atoms with Gasteiger partial charge in [0.05, 0.1) is 36.8 Å². The summed E-state index contributed by atoms with van der Waals surface area (Å²) < 4.78 is 11.7. The number of benzene rings is 2. The van der Waals surface area contributed by atoms with E-state index in [1.54, 1.807) is 36.2 Å². The molecule has 1 aromatic heterocycles. The van der Waals surface area contributed by atoms with Crippen molar-refractivity contribution in [1.82, 2.24) is 9.78 Å². The van der Waals surface area contributed by atoms with E-state index in [0.717, 1.165) is 16.0 Å². The maximum Gasteiger partial charge on any atom is 0.340 e. The zero-order valence-corrected chi connectivity index (χ0v) is 17.7. The third-order valence-electron chi connectivity index (χ3n) is 4.63. The Kier molecular flexibility index (Phi) is 6.74. The lowest BCUT2D eigenvalue weighted by molar-refractivity contribution is 0.0600. The van der Waals surface area contributed by atoms with Crippen LogP contribution in [0.2, 0.25) is 5.02 Å². The first-order valence-electron chi connectivity index (χ1n) is 9.29. The average Bonchev–Trinajstić information content (AvgIpc) is 2.76. The molecule has 3 aromatic rings. The molecule has 0 saturated carbocycles. The van der Waals surface area contributed by atoms with Gasteiger partial charge in [0.1, 0.15) is 17.4 Å². The number of para-hydroxylation sites is 2. The van der Waals surface area contributed by atoms with E-state index in [-0.39, 0.29) is 10.6 Å². The Balaban J connectivity index is 1.81. The van der Waals surface area contributed by atoms with E-state index < -0.39 is 11.5 Å². The summed E-state index contributed by atoms with van der Waals surface area (Å²) >= 11 is 6.36. The Morgan fingerprint density at radius 1 is 1.17 bits per heavy atom. The number of aryl methyl sites for hydroxylation is 1. The monoisotopic (exact) mass is 427 g/mol. The minimum atomic E-state index is -0.565. The van der Waals surface area contributed by atoms with Crippen molar-refractivity contribution in [3.05, 3.63) is 81.2 Å². The molecule has 1 heterocycles. The molecule has 3 rings (SSSR count). The summed E-state index contributed by atoms with van der Waals surface area (Å²) in [6.07, 6.45) is 1.49. The highest BCUT2D eigenvalue weighted by Gasteiger charge is 2.18. The van der Waals surface area contributed by atoms with Crippen LogP contribution in [0.5, 0.6) is 5.75 Å². The topological polar surface area (TPSA) is 73.7 Å². The number of hydrogen-bond acceptors (Lipinski definition) is 6. The third kappa shape index (κ3) is 4.46. The largest absolute Gasteiger partial charge is 0.491 e. The van der Waals surface area contributed by atoms with Gasteiger partial charge >= 0.3 is 5.97 Å². The number of likely N-dealkylation sites (N-methyl/N-ethyl adjacent to an activating group) is 1. The van der Waals surface area contributed by atoms with Gasteiger partial charge in [-0.3, -0.25) is 4.79 Å². The van der Waals surface area contributed by atoms with E-state index in [0.29, 0.717) is 24.5 Å². The van der Waals surface area contributed by atoms with E-state index >= 15 is 0 Å². The van der Waals surface area contributed by atoms with Gasteiger partial charge in [0, 0.05) is 7.05 Å². The molecule has 0 fully saturated rings. The molecule has 0 aliphatic rings. The summed E-state index contributed by atoms with van der Waals surface area (Å²) in [6.45, 7) is 2.88. The summed E-state index contributed by atoms with van der Waals surface area (Å²) in [5, 5.41) is 4.22. The molecule has 0 atom stereocenters. The summed E-state index contributed by atoms with van der Waals surface area (Å²) in [5.74, 6) is 0.245. The first kappa shape index (κ1) is 21.4. The molecule has 0 spiro atoms. The molecule has 30 heavy (non-hydrogen) atoms. The van der Waals surface area contributed by atoms with Crippen molar-refractivity contribution in [3.63, 3.8) is 0 Å². The van der Waals surface area contributed by atoms with Crippen molar-refractivity contribution in [2.45, 2.75) is 6.92 Å². The van der Waals surface area contributed by atoms with E-state index in [1.165, 1.54) is 13.3 Å². The number of hydrogen-bond donors (Lipinski definition) is 0. The predicted molar refractivity (Wildman–Crippen MR) is 116 cm³/mol. The van der Waals surface area contributed by atoms with Crippen LogP contribution in [0.1, 0.15) is 15.9 Å². The lowest BCUT2D eigenvalue weighted by Gasteiger charge is -2.21. The van der Waals surface area contributed by atoms with Crippen LogP contribution in [0.25, 0.3) is 5.69 Å². The zero-order chi connectivity index (χ0) is 21.7. The van der Waals surface area contributed by atoms with Gasteiger partial charge in [0.15, 0.2) is 0 Å². The maximum atomic E-state index is 12.9. The molecule has 2 aromatic carbocycles. The van der Waals surface area contributed by atoms with E-state index in [2.05, 4.69) is 5.10 Å². The number of ether oxygens (including phenoxy) is 2. The molecule has 0 radical (unpaired) electrons. The van der Waals surface area contributed by atoms with Crippen molar-refractivity contribution in [3.8, 4) is 11.4 Å². The number of esters is 1. The van der Waals surface area contributed by atoms with Crippen molar-refractivity contribution in [1.29, 1.82) is 0 Å². The van der Waals surface area contributed by atoms with Crippen LogP contribution in [0, 0.1) is 6.92 Å². The molecule has 8 heteroatoms. The maximum absolute atomic E-state index is 12.9. The second-order valence-corrected chi connectivity index (χ2v) is 6.98. The number of methoxy groups -OCH3 is 1. The van der Waals surface area contributed by atoms with Crippen LogP contribution in [0.15, 0.2) is 59.5 Å². The van der Waals surface area contributed by atoms with Crippen molar-refractivity contribution < 1.29 is 14.3 Å². The molecule has 7 nitrogen and oxygen atoms in total. The van der Waals surface area contributed by atoms with Crippen LogP contribution in [0.4, 0.5) is 5.69 Å². The Labute approximate surface area is 179 Å². The highest BCUT2D eigenvalue weighted by molar-refractivity contribution is 6.33. The fourth-order valence-electron chi connectivity index (χ4n) is 2.93. The Morgan fingerprint density at radius 2 is 1.87 bits per heavy atom. The van der Waals surface area contributed by atoms with Crippen LogP contribution >= 0.6 is 11.6 Å². The lowest BCUT2D eigenvalue weighted by atomic mass is 10.2. The van der Waals surface area contributed by atoms with Gasteiger partial charge in [-0.15, -0.1) is 0 Å². The van der Waals surface area contributed by atoms with Crippen LogP contribution < -0.4 is 15.2 Å². The van der Waals surface area contributed by atoms with Gasteiger partial charge < -0.3 is 14.4 Å². The highest BCUT2D eigenvalue weighted by atomic mass is 35.5. The second kappa shape index (κ2) is 9.45. The molecular weight excluding hydrogens is 406 g/mol. The highest BCUT2D eigenvalue weighted by Crippen LogP contribution is 2.22. The van der Waals surface area contributed by atoms with Crippen molar-refractivity contribution in [2.75, 3.05) is 32.2 Å². The average molecular weight is 428 g/mol. The first-order chi connectivity index (χ1) is 14.4. The predicted octanol–water partition coefficient (Wildman–Crippen LogP) is 3.50. The third-order valence-corrected chi connectivity index (χ3v) is 4.98. The normalized spacial score (nSPS) is 10.5. The molecule has 0 unspecified atom stereocenters. The fourth-order valence-corrected chi connectivity index (χ4v) is 3.21. The first-order valence-corrected chi connectivity index (χ1v) is 9.67. The van der Waals surface area contributed by atoms with Crippen molar-refractivity contribution >= 4 is 23.3 Å². The van der Waals surface area contributed by atoms with Crippen molar-refractivity contribution in [2.24, 2.45) is 0 Å². The molecule has 0 bridgehead atoms.